The summed E-state index contributed by atoms with van der Waals surface area (Å²) in [6.45, 7) is 3.40. The Morgan fingerprint density at radius 2 is 2.17 bits per heavy atom. The highest BCUT2D eigenvalue weighted by molar-refractivity contribution is 6.33. The average Bonchev–Trinajstić information content (AvgIpc) is 2.40. The minimum atomic E-state index is -0.757. The van der Waals surface area contributed by atoms with Crippen molar-refractivity contribution >= 4 is 17.4 Å². The summed E-state index contributed by atoms with van der Waals surface area (Å²) in [6, 6.07) is 1.81. The van der Waals surface area contributed by atoms with Crippen LogP contribution in [0.3, 0.4) is 0 Å². The number of hydrogen-bond acceptors (Lipinski definition) is 5. The van der Waals surface area contributed by atoms with Crippen molar-refractivity contribution in [3.05, 3.63) is 22.8 Å². The molecule has 1 aromatic heterocycles. The van der Waals surface area contributed by atoms with Crippen LogP contribution < -0.4 is 10.2 Å². The number of aliphatic hydroxyl groups excluding tert-OH is 2. The average molecular weight is 272 g/mol. The molecule has 18 heavy (non-hydrogen) atoms. The van der Waals surface area contributed by atoms with Gasteiger partial charge in [0.1, 0.15) is 5.82 Å². The molecule has 0 saturated carbocycles. The van der Waals surface area contributed by atoms with Crippen LogP contribution in [0.2, 0.25) is 5.02 Å². The van der Waals surface area contributed by atoms with E-state index in [1.807, 2.05) is 6.07 Å². The van der Waals surface area contributed by atoms with E-state index in [-0.39, 0.29) is 6.61 Å². The summed E-state index contributed by atoms with van der Waals surface area (Å²) in [5, 5.41) is 22.1. The standard InChI is InChI=1S/C12H18ClN3O2/c13-11-6-9(5-10(18)8-17)7-15-12(11)16-3-1-14-2-4-16/h6-7,10,14,17-18H,1-5,8H2. The van der Waals surface area contributed by atoms with Gasteiger partial charge in [-0.1, -0.05) is 11.6 Å². The Bertz CT molecular complexity index is 397. The van der Waals surface area contributed by atoms with Gasteiger partial charge in [0.25, 0.3) is 0 Å². The van der Waals surface area contributed by atoms with Gasteiger partial charge in [-0.05, 0) is 11.6 Å². The van der Waals surface area contributed by atoms with E-state index >= 15 is 0 Å². The molecule has 6 heteroatoms. The Hall–Kier alpha value is -0.880. The number of aliphatic hydroxyl groups is 2. The maximum absolute atomic E-state index is 9.38. The number of piperazine rings is 1. The van der Waals surface area contributed by atoms with Crippen molar-refractivity contribution in [2.75, 3.05) is 37.7 Å². The third kappa shape index (κ3) is 3.32. The van der Waals surface area contributed by atoms with Gasteiger partial charge in [-0.3, -0.25) is 0 Å². The molecule has 0 aliphatic carbocycles. The zero-order chi connectivity index (χ0) is 13.0. The van der Waals surface area contributed by atoms with Crippen molar-refractivity contribution in [3.8, 4) is 0 Å². The van der Waals surface area contributed by atoms with Gasteiger partial charge in [-0.25, -0.2) is 4.98 Å². The van der Waals surface area contributed by atoms with Crippen molar-refractivity contribution < 1.29 is 10.2 Å². The SMILES string of the molecule is OCC(O)Cc1cnc(N2CCNCC2)c(Cl)c1. The highest BCUT2D eigenvalue weighted by Gasteiger charge is 2.15. The van der Waals surface area contributed by atoms with Gasteiger partial charge in [0, 0.05) is 38.8 Å². The lowest BCUT2D eigenvalue weighted by Crippen LogP contribution is -2.44. The first kappa shape index (κ1) is 13.5. The fourth-order valence-electron chi connectivity index (χ4n) is 2.03. The summed E-state index contributed by atoms with van der Waals surface area (Å²) in [5.74, 6) is 0.792. The lowest BCUT2D eigenvalue weighted by Gasteiger charge is -2.29. The maximum Gasteiger partial charge on any atom is 0.147 e. The highest BCUT2D eigenvalue weighted by Crippen LogP contribution is 2.24. The van der Waals surface area contributed by atoms with Crippen LogP contribution in [-0.4, -0.2) is 54.1 Å². The Labute approximate surface area is 111 Å². The summed E-state index contributed by atoms with van der Waals surface area (Å²) in [6.07, 6.45) is 1.32. The summed E-state index contributed by atoms with van der Waals surface area (Å²) in [5.41, 5.74) is 0.834. The minimum absolute atomic E-state index is 0.253. The second-order valence-corrected chi connectivity index (χ2v) is 4.83. The molecule has 0 aromatic carbocycles. The molecule has 2 rings (SSSR count). The van der Waals surface area contributed by atoms with E-state index in [0.717, 1.165) is 37.6 Å². The molecule has 1 fully saturated rings. The van der Waals surface area contributed by atoms with Crippen LogP contribution in [0.1, 0.15) is 5.56 Å². The van der Waals surface area contributed by atoms with Crippen LogP contribution in [0.4, 0.5) is 5.82 Å². The Morgan fingerprint density at radius 1 is 1.44 bits per heavy atom. The van der Waals surface area contributed by atoms with E-state index < -0.39 is 6.10 Å². The fraction of sp³-hybridized carbons (Fsp3) is 0.583. The van der Waals surface area contributed by atoms with Gasteiger partial charge in [-0.15, -0.1) is 0 Å². The lowest BCUT2D eigenvalue weighted by atomic mass is 10.1. The van der Waals surface area contributed by atoms with Gasteiger partial charge < -0.3 is 20.4 Å². The molecule has 3 N–H and O–H groups in total. The Morgan fingerprint density at radius 3 is 2.78 bits per heavy atom. The number of pyridine rings is 1. The molecule has 0 bridgehead atoms. The third-order valence-electron chi connectivity index (χ3n) is 2.98. The fourth-order valence-corrected chi connectivity index (χ4v) is 2.34. The summed E-state index contributed by atoms with van der Waals surface area (Å²) in [7, 11) is 0. The monoisotopic (exact) mass is 271 g/mol. The Balaban J connectivity index is 2.09. The van der Waals surface area contributed by atoms with E-state index in [0.29, 0.717) is 11.4 Å². The van der Waals surface area contributed by atoms with Gasteiger partial charge in [0.2, 0.25) is 0 Å². The maximum atomic E-state index is 9.38. The molecule has 2 heterocycles. The lowest BCUT2D eigenvalue weighted by molar-refractivity contribution is 0.0954. The number of rotatable bonds is 4. The molecule has 5 nitrogen and oxygen atoms in total. The quantitative estimate of drug-likeness (QED) is 0.722. The van der Waals surface area contributed by atoms with Crippen LogP contribution in [0, 0.1) is 0 Å². The van der Waals surface area contributed by atoms with Gasteiger partial charge >= 0.3 is 0 Å². The summed E-state index contributed by atoms with van der Waals surface area (Å²) >= 11 is 6.22. The Kier molecular flexibility index (Phi) is 4.77. The predicted molar refractivity (Wildman–Crippen MR) is 71.1 cm³/mol. The van der Waals surface area contributed by atoms with Crippen LogP contribution in [0.5, 0.6) is 0 Å². The molecule has 1 unspecified atom stereocenters. The number of anilines is 1. The zero-order valence-electron chi connectivity index (χ0n) is 10.1. The first-order valence-corrected chi connectivity index (χ1v) is 6.47. The molecule has 100 valence electrons. The number of nitrogens with one attached hydrogen (secondary N) is 1. The second kappa shape index (κ2) is 6.33. The highest BCUT2D eigenvalue weighted by atomic mass is 35.5. The molecule has 1 aromatic rings. The molecular formula is C12H18ClN3O2. The van der Waals surface area contributed by atoms with Crippen molar-refractivity contribution in [3.63, 3.8) is 0 Å². The number of aromatic nitrogens is 1. The van der Waals surface area contributed by atoms with Gasteiger partial charge in [0.15, 0.2) is 0 Å². The van der Waals surface area contributed by atoms with Crippen LogP contribution in [0.25, 0.3) is 0 Å². The molecule has 0 amide bonds. The summed E-state index contributed by atoms with van der Waals surface area (Å²) < 4.78 is 0. The number of hydrogen-bond donors (Lipinski definition) is 3. The summed E-state index contributed by atoms with van der Waals surface area (Å²) in [4.78, 5) is 6.51. The normalized spacial score (nSPS) is 17.8. The smallest absolute Gasteiger partial charge is 0.147 e. The van der Waals surface area contributed by atoms with Gasteiger partial charge in [0.05, 0.1) is 17.7 Å². The van der Waals surface area contributed by atoms with E-state index in [2.05, 4.69) is 15.2 Å². The van der Waals surface area contributed by atoms with Crippen molar-refractivity contribution in [1.82, 2.24) is 10.3 Å². The first-order valence-electron chi connectivity index (χ1n) is 6.09. The van der Waals surface area contributed by atoms with E-state index in [1.54, 1.807) is 6.20 Å². The molecule has 1 aliphatic rings. The van der Waals surface area contributed by atoms with E-state index in [4.69, 9.17) is 16.7 Å². The largest absolute Gasteiger partial charge is 0.394 e. The van der Waals surface area contributed by atoms with E-state index in [9.17, 15) is 5.11 Å². The van der Waals surface area contributed by atoms with Crippen LogP contribution >= 0.6 is 11.6 Å². The van der Waals surface area contributed by atoms with Crippen molar-refractivity contribution in [1.29, 1.82) is 0 Å². The van der Waals surface area contributed by atoms with Crippen molar-refractivity contribution in [2.24, 2.45) is 0 Å². The second-order valence-electron chi connectivity index (χ2n) is 4.43. The van der Waals surface area contributed by atoms with E-state index in [1.165, 1.54) is 0 Å². The van der Waals surface area contributed by atoms with Gasteiger partial charge in [-0.2, -0.15) is 0 Å². The molecule has 1 atom stereocenters. The molecule has 0 radical (unpaired) electrons. The topological polar surface area (TPSA) is 68.6 Å². The minimum Gasteiger partial charge on any atom is -0.394 e. The van der Waals surface area contributed by atoms with Crippen LogP contribution in [0.15, 0.2) is 12.3 Å². The van der Waals surface area contributed by atoms with Crippen LogP contribution in [-0.2, 0) is 6.42 Å². The number of halogens is 1. The molecule has 1 saturated heterocycles. The zero-order valence-corrected chi connectivity index (χ0v) is 10.9. The molecular weight excluding hydrogens is 254 g/mol. The first-order chi connectivity index (χ1) is 8.70. The molecule has 1 aliphatic heterocycles. The predicted octanol–water partition coefficient (Wildman–Crippen LogP) is 0.0403. The number of nitrogens with zero attached hydrogens (tertiary/aromatic N) is 2. The third-order valence-corrected chi connectivity index (χ3v) is 3.26. The van der Waals surface area contributed by atoms with Crippen molar-refractivity contribution in [2.45, 2.75) is 12.5 Å². The molecule has 0 spiro atoms.